The topological polar surface area (TPSA) is 126 Å². The van der Waals surface area contributed by atoms with Crippen LogP contribution in [0.5, 0.6) is 0 Å². The van der Waals surface area contributed by atoms with Crippen molar-refractivity contribution in [3.63, 3.8) is 0 Å². The molecule has 0 unspecified atom stereocenters. The highest BCUT2D eigenvalue weighted by molar-refractivity contribution is 8.00. The Morgan fingerprint density at radius 2 is 1.32 bits per heavy atom. The fourth-order valence-electron chi connectivity index (χ4n) is 7.56. The largest absolute Gasteiger partial charge is 0.467 e. The molecule has 1 aliphatic heterocycles. The number of amides is 3. The number of fused-ring (bicyclic) bond motifs is 1. The van der Waals surface area contributed by atoms with Gasteiger partial charge in [-0.2, -0.15) is 11.8 Å². The van der Waals surface area contributed by atoms with Gasteiger partial charge in [-0.25, -0.2) is 9.59 Å². The molecule has 12 heteroatoms. The third-order valence-electron chi connectivity index (χ3n) is 10.5. The van der Waals surface area contributed by atoms with E-state index in [0.717, 1.165) is 27.8 Å². The Bertz CT molecular complexity index is 1910. The van der Waals surface area contributed by atoms with Gasteiger partial charge in [-0.1, -0.05) is 129 Å². The summed E-state index contributed by atoms with van der Waals surface area (Å²) in [6.45, 7) is 9.87. The first-order chi connectivity index (χ1) is 28.8. The molecule has 320 valence electrons. The highest BCUT2D eigenvalue weighted by Crippen LogP contribution is 2.48. The maximum atomic E-state index is 14.9. The number of benzene rings is 4. The third kappa shape index (κ3) is 11.9. The summed E-state index contributed by atoms with van der Waals surface area (Å²) in [6.07, 6.45) is 2.08. The van der Waals surface area contributed by atoms with Crippen LogP contribution in [0.15, 0.2) is 115 Å². The number of hydrogen-bond acceptors (Lipinski definition) is 9. The summed E-state index contributed by atoms with van der Waals surface area (Å²) in [6, 6.07) is 36.0. The van der Waals surface area contributed by atoms with Gasteiger partial charge < -0.3 is 30.3 Å². The number of carbonyl (C=O) groups excluding carboxylic acids is 4. The second-order valence-electron chi connectivity index (χ2n) is 16.4. The molecule has 3 N–H and O–H groups in total. The Labute approximate surface area is 364 Å². The van der Waals surface area contributed by atoms with E-state index >= 15 is 0 Å². The minimum Gasteiger partial charge on any atom is -0.467 e. The Morgan fingerprint density at radius 3 is 1.82 bits per heavy atom. The normalized spacial score (nSPS) is 15.6. The molecule has 5 rings (SSSR count). The van der Waals surface area contributed by atoms with E-state index < -0.39 is 52.5 Å². The molecule has 10 nitrogen and oxygen atoms in total. The van der Waals surface area contributed by atoms with Crippen molar-refractivity contribution in [3.05, 3.63) is 143 Å². The lowest BCUT2D eigenvalue weighted by atomic mass is 9.84. The van der Waals surface area contributed by atoms with E-state index in [0.29, 0.717) is 24.3 Å². The highest BCUT2D eigenvalue weighted by atomic mass is 32.2. The van der Waals surface area contributed by atoms with Gasteiger partial charge in [0.1, 0.15) is 17.7 Å². The van der Waals surface area contributed by atoms with Crippen molar-refractivity contribution < 1.29 is 28.7 Å². The van der Waals surface area contributed by atoms with Crippen LogP contribution >= 0.6 is 23.5 Å². The van der Waals surface area contributed by atoms with Crippen LogP contribution in [-0.4, -0.2) is 90.0 Å². The van der Waals surface area contributed by atoms with Gasteiger partial charge in [0.25, 0.3) is 0 Å². The number of ether oxygens (including phenoxy) is 2. The molecule has 0 saturated heterocycles. The number of carbonyl (C=O) groups is 4. The zero-order chi connectivity index (χ0) is 43.3. The summed E-state index contributed by atoms with van der Waals surface area (Å²) in [7, 11) is 1.31. The molecular formula is C48H60N4O6S2. The van der Waals surface area contributed by atoms with Crippen LogP contribution in [0.1, 0.15) is 68.9 Å². The molecule has 0 bridgehead atoms. The first kappa shape index (κ1) is 46.3. The summed E-state index contributed by atoms with van der Waals surface area (Å²) in [5.74, 6) is -0.266. The van der Waals surface area contributed by atoms with Crippen molar-refractivity contribution in [1.29, 1.82) is 0 Å². The van der Waals surface area contributed by atoms with Gasteiger partial charge in [-0.3, -0.25) is 9.59 Å². The van der Waals surface area contributed by atoms with Crippen LogP contribution in [0, 0.1) is 5.92 Å². The molecule has 0 radical (unpaired) electrons. The molecule has 4 aromatic rings. The fourth-order valence-corrected chi connectivity index (χ4v) is 9.59. The number of thioether (sulfide) groups is 2. The number of rotatable bonds is 18. The molecule has 0 spiro atoms. The number of esters is 1. The van der Waals surface area contributed by atoms with Crippen molar-refractivity contribution in [2.75, 3.05) is 31.4 Å². The van der Waals surface area contributed by atoms with Crippen molar-refractivity contribution in [3.8, 4) is 0 Å². The van der Waals surface area contributed by atoms with Gasteiger partial charge >= 0.3 is 12.1 Å². The number of nitrogens with one attached hydrogen (secondary N) is 3. The molecule has 1 heterocycles. The van der Waals surface area contributed by atoms with E-state index in [4.69, 9.17) is 9.47 Å². The van der Waals surface area contributed by atoms with Crippen molar-refractivity contribution in [2.45, 2.75) is 88.5 Å². The lowest BCUT2D eigenvalue weighted by Gasteiger charge is -2.40. The summed E-state index contributed by atoms with van der Waals surface area (Å²) < 4.78 is 10.1. The molecule has 4 aromatic carbocycles. The molecule has 60 heavy (non-hydrogen) atoms. The van der Waals surface area contributed by atoms with E-state index in [-0.39, 0.29) is 24.9 Å². The Kier molecular flexibility index (Phi) is 16.7. The zero-order valence-corrected chi connectivity index (χ0v) is 37.4. The zero-order valence-electron chi connectivity index (χ0n) is 35.8. The Morgan fingerprint density at radius 1 is 0.783 bits per heavy atom. The lowest BCUT2D eigenvalue weighted by molar-refractivity contribution is -0.148. The van der Waals surface area contributed by atoms with E-state index in [9.17, 15) is 19.2 Å². The molecule has 0 aromatic heterocycles. The van der Waals surface area contributed by atoms with E-state index in [1.54, 1.807) is 28.4 Å². The molecule has 1 aliphatic rings. The van der Waals surface area contributed by atoms with Crippen molar-refractivity contribution >= 4 is 47.4 Å². The van der Waals surface area contributed by atoms with Gasteiger partial charge in [0, 0.05) is 25.3 Å². The summed E-state index contributed by atoms with van der Waals surface area (Å²) >= 11 is 3.28. The third-order valence-corrected chi connectivity index (χ3v) is 12.9. The molecule has 0 saturated carbocycles. The quantitative estimate of drug-likeness (QED) is 0.0687. The molecule has 4 atom stereocenters. The minimum absolute atomic E-state index is 0.186. The van der Waals surface area contributed by atoms with Crippen LogP contribution in [0.4, 0.5) is 4.79 Å². The maximum absolute atomic E-state index is 14.9. The Balaban J connectivity index is 1.46. The summed E-state index contributed by atoms with van der Waals surface area (Å²) in [4.78, 5) is 56.9. The van der Waals surface area contributed by atoms with Crippen LogP contribution in [0.3, 0.4) is 0 Å². The van der Waals surface area contributed by atoms with Gasteiger partial charge in [0.05, 0.1) is 23.9 Å². The summed E-state index contributed by atoms with van der Waals surface area (Å²) in [5, 5.41) is 9.58. The first-order valence-corrected chi connectivity index (χ1v) is 22.9. The molecular weight excluding hydrogens is 793 g/mol. The molecule has 0 fully saturated rings. The van der Waals surface area contributed by atoms with Gasteiger partial charge in [0.15, 0.2) is 0 Å². The van der Waals surface area contributed by atoms with Crippen molar-refractivity contribution in [2.24, 2.45) is 5.92 Å². The number of alkyl carbamates (subject to hydrolysis) is 1. The lowest BCUT2D eigenvalue weighted by Crippen LogP contribution is -2.60. The van der Waals surface area contributed by atoms with E-state index in [2.05, 4.69) is 52.3 Å². The van der Waals surface area contributed by atoms with Gasteiger partial charge in [0.2, 0.25) is 11.8 Å². The van der Waals surface area contributed by atoms with Gasteiger partial charge in [-0.05, 0) is 72.9 Å². The van der Waals surface area contributed by atoms with Crippen LogP contribution in [-0.2, 0) is 41.6 Å². The predicted molar refractivity (Wildman–Crippen MR) is 243 cm³/mol. The molecule has 0 aliphatic carbocycles. The SMILES string of the molecule is COC(=O)[C@H](CCSC)NC(=O)[C@@H]1Cc2ccccc2CN1C(=O)[C@@H](NC[C@H](CSC(c1ccccc1)(c1ccccc1)c1ccccc1)NC(=O)OC(C)(C)C)C(C)C. The maximum Gasteiger partial charge on any atom is 0.407 e. The highest BCUT2D eigenvalue weighted by Gasteiger charge is 2.41. The van der Waals surface area contributed by atoms with Crippen LogP contribution in [0.25, 0.3) is 0 Å². The number of nitrogens with zero attached hydrogens (tertiary/aromatic N) is 1. The number of methoxy groups -OCH3 is 1. The Hall–Kier alpha value is -4.78. The van der Waals surface area contributed by atoms with E-state index in [1.807, 2.05) is 120 Å². The van der Waals surface area contributed by atoms with E-state index in [1.165, 1.54) is 7.11 Å². The first-order valence-electron chi connectivity index (χ1n) is 20.5. The number of hydrogen-bond donors (Lipinski definition) is 3. The second-order valence-corrected chi connectivity index (χ2v) is 18.6. The standard InChI is InChI=1S/C48H60N4O6S2/c1-33(2)42(44(54)52-31-35-20-18-17-19-34(35)29-41(52)43(53)51-40(27-28-59-7)45(55)57-6)49-30-39(50-46(56)58-47(3,4)5)32-60-48(36-21-11-8-12-22-36,37-23-13-9-14-24-37)38-25-15-10-16-26-38/h8-26,33,39-42,49H,27-32H2,1-7H3,(H,50,56)(H,51,53)/t39-,40+,41+,42+/m1/s1. The fraction of sp³-hybridized carbons (Fsp3) is 0.417. The summed E-state index contributed by atoms with van der Waals surface area (Å²) in [5.41, 5.74) is 4.48. The van der Waals surface area contributed by atoms with Crippen molar-refractivity contribution in [1.82, 2.24) is 20.9 Å². The average Bonchev–Trinajstić information content (AvgIpc) is 3.24. The smallest absolute Gasteiger partial charge is 0.407 e. The van der Waals surface area contributed by atoms with Crippen LogP contribution < -0.4 is 16.0 Å². The average molecular weight is 853 g/mol. The van der Waals surface area contributed by atoms with Crippen LogP contribution in [0.2, 0.25) is 0 Å². The monoisotopic (exact) mass is 852 g/mol. The second kappa shape index (κ2) is 21.7. The van der Waals surface area contributed by atoms with Gasteiger partial charge in [-0.15, -0.1) is 11.8 Å². The molecule has 3 amide bonds. The predicted octanol–water partition coefficient (Wildman–Crippen LogP) is 7.58. The minimum atomic E-state index is -0.855.